The number of amides is 2. The van der Waals surface area contributed by atoms with Gasteiger partial charge in [-0.05, 0) is 19.1 Å². The van der Waals surface area contributed by atoms with Crippen molar-refractivity contribution in [1.82, 2.24) is 10.2 Å². The Kier molecular flexibility index (Phi) is 6.43. The summed E-state index contributed by atoms with van der Waals surface area (Å²) in [7, 11) is -3.91. The maximum atomic E-state index is 12.0. The van der Waals surface area contributed by atoms with Crippen molar-refractivity contribution in [3.05, 3.63) is 34.8 Å². The summed E-state index contributed by atoms with van der Waals surface area (Å²) in [6, 6.07) is 6.94. The van der Waals surface area contributed by atoms with Gasteiger partial charge in [-0.15, -0.1) is 10.2 Å². The summed E-state index contributed by atoms with van der Waals surface area (Å²) in [5, 5.41) is 13.6. The van der Waals surface area contributed by atoms with Gasteiger partial charge in [-0.25, -0.2) is 8.42 Å². The van der Waals surface area contributed by atoms with Crippen molar-refractivity contribution in [2.75, 3.05) is 22.1 Å². The standard InChI is InChI=1S/C16H20N4O4S2/c1-10(2)15-19-20-16(25-15)18-14(22)9-26(23,24)8-13(21)17-12-6-4-11(3)5-7-12/h4-7,10H,8-9H2,1-3H3,(H,17,21)(H,18,20,22). The third-order valence-electron chi connectivity index (χ3n) is 3.22. The summed E-state index contributed by atoms with van der Waals surface area (Å²) in [6.45, 7) is 5.77. The predicted molar refractivity (Wildman–Crippen MR) is 101 cm³/mol. The summed E-state index contributed by atoms with van der Waals surface area (Å²) in [6.07, 6.45) is 0. The Balaban J connectivity index is 1.89. The number of aromatic nitrogens is 2. The molecule has 1 heterocycles. The van der Waals surface area contributed by atoms with Gasteiger partial charge >= 0.3 is 0 Å². The molecule has 0 atom stereocenters. The molecular formula is C16H20N4O4S2. The van der Waals surface area contributed by atoms with Crippen LogP contribution in [0.15, 0.2) is 24.3 Å². The van der Waals surface area contributed by atoms with Crippen LogP contribution in [0.1, 0.15) is 30.3 Å². The SMILES string of the molecule is Cc1ccc(NC(=O)CS(=O)(=O)CC(=O)Nc2nnc(C(C)C)s2)cc1. The van der Waals surface area contributed by atoms with E-state index in [1.807, 2.05) is 20.8 Å². The number of hydrogen-bond acceptors (Lipinski definition) is 7. The Labute approximate surface area is 156 Å². The normalized spacial score (nSPS) is 11.4. The fourth-order valence-electron chi connectivity index (χ4n) is 1.96. The van der Waals surface area contributed by atoms with Crippen LogP contribution < -0.4 is 10.6 Å². The van der Waals surface area contributed by atoms with Gasteiger partial charge in [0.05, 0.1) is 0 Å². The van der Waals surface area contributed by atoms with E-state index in [0.717, 1.165) is 10.6 Å². The van der Waals surface area contributed by atoms with Gasteiger partial charge in [-0.3, -0.25) is 14.9 Å². The number of sulfone groups is 1. The minimum Gasteiger partial charge on any atom is -0.325 e. The van der Waals surface area contributed by atoms with Gasteiger partial charge in [0.1, 0.15) is 16.5 Å². The Bertz CT molecular complexity index is 889. The fraction of sp³-hybridized carbons (Fsp3) is 0.375. The molecule has 0 unspecified atom stereocenters. The molecule has 1 aromatic carbocycles. The van der Waals surface area contributed by atoms with Crippen molar-refractivity contribution < 1.29 is 18.0 Å². The van der Waals surface area contributed by atoms with Crippen molar-refractivity contribution in [2.45, 2.75) is 26.7 Å². The molecule has 10 heteroatoms. The molecule has 0 spiro atoms. The van der Waals surface area contributed by atoms with Gasteiger partial charge in [0.2, 0.25) is 16.9 Å². The molecule has 26 heavy (non-hydrogen) atoms. The molecule has 0 saturated heterocycles. The van der Waals surface area contributed by atoms with E-state index in [-0.39, 0.29) is 11.0 Å². The molecule has 2 amide bonds. The van der Waals surface area contributed by atoms with Crippen molar-refractivity contribution >= 4 is 43.8 Å². The van der Waals surface area contributed by atoms with E-state index in [9.17, 15) is 18.0 Å². The highest BCUT2D eigenvalue weighted by molar-refractivity contribution is 7.92. The summed E-state index contributed by atoms with van der Waals surface area (Å²) in [4.78, 5) is 23.8. The zero-order chi connectivity index (χ0) is 19.3. The molecule has 2 aromatic rings. The molecule has 140 valence electrons. The Morgan fingerprint density at radius 2 is 1.62 bits per heavy atom. The van der Waals surface area contributed by atoms with Crippen LogP contribution in [0.2, 0.25) is 0 Å². The second kappa shape index (κ2) is 8.37. The molecule has 0 fully saturated rings. The maximum absolute atomic E-state index is 12.0. The van der Waals surface area contributed by atoms with Crippen LogP contribution >= 0.6 is 11.3 Å². The van der Waals surface area contributed by atoms with Crippen molar-refractivity contribution in [2.24, 2.45) is 0 Å². The van der Waals surface area contributed by atoms with Gasteiger partial charge < -0.3 is 5.32 Å². The average Bonchev–Trinajstić information content (AvgIpc) is 2.96. The van der Waals surface area contributed by atoms with Crippen molar-refractivity contribution in [1.29, 1.82) is 0 Å². The molecule has 0 aliphatic heterocycles. The van der Waals surface area contributed by atoms with Crippen LogP contribution in [-0.4, -0.2) is 41.9 Å². The first-order chi connectivity index (χ1) is 12.1. The number of aryl methyl sites for hydroxylation is 1. The summed E-state index contributed by atoms with van der Waals surface area (Å²) in [5.74, 6) is -2.86. The number of nitrogens with one attached hydrogen (secondary N) is 2. The lowest BCUT2D eigenvalue weighted by atomic mass is 10.2. The third kappa shape index (κ3) is 6.19. The van der Waals surface area contributed by atoms with E-state index in [4.69, 9.17) is 0 Å². The highest BCUT2D eigenvalue weighted by atomic mass is 32.2. The molecule has 2 N–H and O–H groups in total. The van der Waals surface area contributed by atoms with E-state index < -0.39 is 33.2 Å². The molecule has 1 aromatic heterocycles. The Morgan fingerprint density at radius 3 is 2.15 bits per heavy atom. The Hall–Kier alpha value is -2.33. The molecule has 0 radical (unpaired) electrons. The zero-order valence-electron chi connectivity index (χ0n) is 14.6. The number of hydrogen-bond donors (Lipinski definition) is 2. The first kappa shape index (κ1) is 20.0. The molecule has 0 saturated carbocycles. The average molecular weight is 396 g/mol. The highest BCUT2D eigenvalue weighted by Crippen LogP contribution is 2.22. The monoisotopic (exact) mass is 396 g/mol. The smallest absolute Gasteiger partial charge is 0.241 e. The topological polar surface area (TPSA) is 118 Å². The number of rotatable bonds is 7. The summed E-state index contributed by atoms with van der Waals surface area (Å²) in [5.41, 5.74) is 1.51. The molecule has 8 nitrogen and oxygen atoms in total. The lowest BCUT2D eigenvalue weighted by molar-refractivity contribution is -0.114. The minimum absolute atomic E-state index is 0.160. The summed E-state index contributed by atoms with van der Waals surface area (Å²) >= 11 is 1.18. The second-order valence-corrected chi connectivity index (χ2v) is 9.17. The van der Waals surface area contributed by atoms with Crippen LogP contribution in [0.25, 0.3) is 0 Å². The van der Waals surface area contributed by atoms with Crippen LogP contribution in [0.5, 0.6) is 0 Å². The lowest BCUT2D eigenvalue weighted by Crippen LogP contribution is -2.30. The van der Waals surface area contributed by atoms with Gasteiger partial charge in [-0.2, -0.15) is 0 Å². The van der Waals surface area contributed by atoms with Crippen LogP contribution in [0.4, 0.5) is 10.8 Å². The molecule has 2 rings (SSSR count). The number of carbonyl (C=O) groups is 2. The highest BCUT2D eigenvalue weighted by Gasteiger charge is 2.22. The van der Waals surface area contributed by atoms with E-state index in [0.29, 0.717) is 5.69 Å². The lowest BCUT2D eigenvalue weighted by Gasteiger charge is -2.06. The minimum atomic E-state index is -3.91. The van der Waals surface area contributed by atoms with E-state index in [1.165, 1.54) is 11.3 Å². The van der Waals surface area contributed by atoms with Crippen LogP contribution in [0.3, 0.4) is 0 Å². The number of benzene rings is 1. The molecule has 0 aliphatic carbocycles. The number of anilines is 2. The quantitative estimate of drug-likeness (QED) is 0.739. The van der Waals surface area contributed by atoms with E-state index in [1.54, 1.807) is 24.3 Å². The van der Waals surface area contributed by atoms with Gasteiger partial charge in [0.15, 0.2) is 9.84 Å². The molecule has 0 aliphatic rings. The maximum Gasteiger partial charge on any atom is 0.241 e. The predicted octanol–water partition coefficient (Wildman–Crippen LogP) is 1.96. The second-order valence-electron chi connectivity index (χ2n) is 6.09. The molecular weight excluding hydrogens is 376 g/mol. The largest absolute Gasteiger partial charge is 0.325 e. The van der Waals surface area contributed by atoms with E-state index >= 15 is 0 Å². The van der Waals surface area contributed by atoms with Crippen molar-refractivity contribution in [3.63, 3.8) is 0 Å². The Morgan fingerprint density at radius 1 is 1.04 bits per heavy atom. The molecule has 0 bridgehead atoms. The van der Waals surface area contributed by atoms with Gasteiger partial charge in [0, 0.05) is 11.6 Å². The number of nitrogens with zero attached hydrogens (tertiary/aromatic N) is 2. The van der Waals surface area contributed by atoms with Gasteiger partial charge in [0.25, 0.3) is 0 Å². The first-order valence-corrected chi connectivity index (χ1v) is 10.5. The third-order valence-corrected chi connectivity index (χ3v) is 5.76. The fourth-order valence-corrected chi connectivity index (χ4v) is 3.77. The first-order valence-electron chi connectivity index (χ1n) is 7.85. The zero-order valence-corrected chi connectivity index (χ0v) is 16.3. The van der Waals surface area contributed by atoms with Crippen molar-refractivity contribution in [3.8, 4) is 0 Å². The van der Waals surface area contributed by atoms with Gasteiger partial charge in [-0.1, -0.05) is 42.9 Å². The van der Waals surface area contributed by atoms with Crippen LogP contribution in [0, 0.1) is 6.92 Å². The van der Waals surface area contributed by atoms with Crippen LogP contribution in [-0.2, 0) is 19.4 Å². The summed E-state index contributed by atoms with van der Waals surface area (Å²) < 4.78 is 24.1. The van der Waals surface area contributed by atoms with E-state index in [2.05, 4.69) is 20.8 Å². The number of carbonyl (C=O) groups excluding carboxylic acids is 2.